The minimum Gasteiger partial charge on any atom is -0.198 e. The molecule has 0 fully saturated rings. The minimum absolute atomic E-state index is 0.615. The van der Waals surface area contributed by atoms with E-state index >= 15 is 0 Å². The molecule has 10 heavy (non-hydrogen) atoms. The molecule has 1 aromatic rings. The molecule has 0 aliphatic heterocycles. The lowest BCUT2D eigenvalue weighted by molar-refractivity contribution is 1.46. The second-order valence-electron chi connectivity index (χ2n) is 1.79. The topological polar surface area (TPSA) is 23.8 Å². The Morgan fingerprint density at radius 2 is 2.10 bits per heavy atom. The van der Waals surface area contributed by atoms with Crippen LogP contribution < -0.4 is 0 Å². The average molecular weight is 151 g/mol. The van der Waals surface area contributed by atoms with Crippen LogP contribution in [0.1, 0.15) is 5.56 Å². The molecule has 2 heteroatoms. The van der Waals surface area contributed by atoms with Crippen LogP contribution in [-0.4, -0.2) is 0 Å². The number of nitriles is 1. The highest BCUT2D eigenvalue weighted by atomic mass is 35.5. The first-order valence-corrected chi connectivity index (χ1v) is 3.20. The summed E-state index contributed by atoms with van der Waals surface area (Å²) in [4.78, 5) is 0. The molecular formula is C8H5ClN. The molecule has 0 atom stereocenters. The summed E-state index contributed by atoms with van der Waals surface area (Å²) >= 11 is 5.72. The van der Waals surface area contributed by atoms with E-state index in [9.17, 15) is 0 Å². The maximum atomic E-state index is 8.28. The molecule has 0 saturated heterocycles. The van der Waals surface area contributed by atoms with E-state index in [0.29, 0.717) is 5.02 Å². The zero-order valence-electron chi connectivity index (χ0n) is 5.21. The zero-order valence-corrected chi connectivity index (χ0v) is 5.97. The molecule has 0 bridgehead atoms. The van der Waals surface area contributed by atoms with Gasteiger partial charge in [-0.05, 0) is 11.6 Å². The normalized spacial score (nSPS) is 8.80. The van der Waals surface area contributed by atoms with E-state index < -0.39 is 0 Å². The van der Waals surface area contributed by atoms with Crippen LogP contribution in [-0.2, 0) is 0 Å². The Hall–Kier alpha value is -1.00. The third kappa shape index (κ3) is 1.49. The van der Waals surface area contributed by atoms with Gasteiger partial charge in [-0.1, -0.05) is 29.8 Å². The van der Waals surface area contributed by atoms with Crippen LogP contribution in [0.3, 0.4) is 0 Å². The molecule has 1 rings (SSSR count). The smallest absolute Gasteiger partial charge is 0.0926 e. The maximum absolute atomic E-state index is 8.28. The number of hydrogen-bond donors (Lipinski definition) is 0. The summed E-state index contributed by atoms with van der Waals surface area (Å²) in [6.45, 7) is 0. The third-order valence-corrected chi connectivity index (χ3v) is 1.47. The zero-order chi connectivity index (χ0) is 7.40. The van der Waals surface area contributed by atoms with Crippen LogP contribution in [0.15, 0.2) is 24.3 Å². The Balaban J connectivity index is 2.94. The van der Waals surface area contributed by atoms with Crippen molar-refractivity contribution >= 4 is 11.6 Å². The molecule has 0 heterocycles. The lowest BCUT2D eigenvalue weighted by Crippen LogP contribution is -1.77. The first-order valence-electron chi connectivity index (χ1n) is 2.82. The summed E-state index contributed by atoms with van der Waals surface area (Å²) in [6, 6.07) is 9.14. The van der Waals surface area contributed by atoms with Crippen molar-refractivity contribution in [3.05, 3.63) is 41.3 Å². The van der Waals surface area contributed by atoms with Crippen molar-refractivity contribution < 1.29 is 0 Å². The number of benzene rings is 1. The van der Waals surface area contributed by atoms with Crippen LogP contribution in [0, 0.1) is 17.8 Å². The Labute approximate surface area is 64.9 Å². The van der Waals surface area contributed by atoms with Gasteiger partial charge in [-0.25, -0.2) is 0 Å². The predicted octanol–water partition coefficient (Wildman–Crippen LogP) is 2.42. The highest BCUT2D eigenvalue weighted by Gasteiger charge is 1.95. The first-order chi connectivity index (χ1) is 4.84. The molecule has 0 saturated carbocycles. The van der Waals surface area contributed by atoms with E-state index in [2.05, 4.69) is 0 Å². The van der Waals surface area contributed by atoms with Gasteiger partial charge in [-0.3, -0.25) is 0 Å². The van der Waals surface area contributed by atoms with Crippen LogP contribution in [0.25, 0.3) is 0 Å². The van der Waals surface area contributed by atoms with Gasteiger partial charge in [0.1, 0.15) is 0 Å². The van der Waals surface area contributed by atoms with Crippen molar-refractivity contribution in [2.45, 2.75) is 0 Å². The van der Waals surface area contributed by atoms with Crippen LogP contribution in [0.4, 0.5) is 0 Å². The molecule has 0 N–H and O–H groups in total. The standard InChI is InChI=1S/C8H5ClN/c9-8-4-2-1-3-7(8)5-6-10/h1-5H. The van der Waals surface area contributed by atoms with Crippen molar-refractivity contribution in [1.82, 2.24) is 0 Å². The number of nitrogens with zero attached hydrogens (tertiary/aromatic N) is 1. The highest BCUT2D eigenvalue weighted by molar-refractivity contribution is 6.31. The SMILES string of the molecule is N#C[CH]c1ccccc1Cl. The lowest BCUT2D eigenvalue weighted by Gasteiger charge is -1.94. The Morgan fingerprint density at radius 3 is 2.70 bits per heavy atom. The molecule has 0 unspecified atom stereocenters. The van der Waals surface area contributed by atoms with E-state index in [4.69, 9.17) is 16.9 Å². The second kappa shape index (κ2) is 3.24. The Morgan fingerprint density at radius 1 is 1.40 bits per heavy atom. The van der Waals surface area contributed by atoms with Gasteiger partial charge in [0, 0.05) is 5.02 Å². The van der Waals surface area contributed by atoms with Crippen molar-refractivity contribution in [2.75, 3.05) is 0 Å². The molecule has 1 nitrogen and oxygen atoms in total. The van der Waals surface area contributed by atoms with Gasteiger partial charge >= 0.3 is 0 Å². The molecule has 0 amide bonds. The summed E-state index contributed by atoms with van der Waals surface area (Å²) in [5.41, 5.74) is 0.770. The lowest BCUT2D eigenvalue weighted by atomic mass is 10.2. The Kier molecular flexibility index (Phi) is 2.30. The van der Waals surface area contributed by atoms with E-state index in [-0.39, 0.29) is 0 Å². The van der Waals surface area contributed by atoms with Crippen LogP contribution in [0.2, 0.25) is 5.02 Å². The highest BCUT2D eigenvalue weighted by Crippen LogP contribution is 2.15. The predicted molar refractivity (Wildman–Crippen MR) is 40.5 cm³/mol. The van der Waals surface area contributed by atoms with Gasteiger partial charge in [0.2, 0.25) is 0 Å². The quantitative estimate of drug-likeness (QED) is 0.603. The van der Waals surface area contributed by atoms with Crippen molar-refractivity contribution in [3.63, 3.8) is 0 Å². The fraction of sp³-hybridized carbons (Fsp3) is 0. The molecule has 49 valence electrons. The van der Waals surface area contributed by atoms with Gasteiger partial charge in [0.05, 0.1) is 12.5 Å². The molecule has 0 aromatic heterocycles. The maximum Gasteiger partial charge on any atom is 0.0926 e. The van der Waals surface area contributed by atoms with Gasteiger partial charge in [0.25, 0.3) is 0 Å². The fourth-order valence-electron chi connectivity index (χ4n) is 0.662. The minimum atomic E-state index is 0.615. The fourth-order valence-corrected chi connectivity index (χ4v) is 0.852. The summed E-state index contributed by atoms with van der Waals surface area (Å²) < 4.78 is 0. The van der Waals surface area contributed by atoms with Gasteiger partial charge < -0.3 is 0 Å². The summed E-state index contributed by atoms with van der Waals surface area (Å²) in [6.07, 6.45) is 1.42. The van der Waals surface area contributed by atoms with E-state index in [1.54, 1.807) is 12.1 Å². The van der Waals surface area contributed by atoms with E-state index in [1.165, 1.54) is 6.42 Å². The average Bonchev–Trinajstić information content (AvgIpc) is 1.94. The molecule has 0 aliphatic rings. The van der Waals surface area contributed by atoms with Gasteiger partial charge in [0.15, 0.2) is 0 Å². The van der Waals surface area contributed by atoms with E-state index in [1.807, 2.05) is 18.2 Å². The largest absolute Gasteiger partial charge is 0.198 e. The molecule has 1 radical (unpaired) electrons. The number of halogens is 1. The number of rotatable bonds is 1. The molecule has 0 aliphatic carbocycles. The molecule has 0 spiro atoms. The monoisotopic (exact) mass is 150 g/mol. The Bertz CT molecular complexity index is 262. The van der Waals surface area contributed by atoms with E-state index in [0.717, 1.165) is 5.56 Å². The summed E-state index contributed by atoms with van der Waals surface area (Å²) in [5, 5.41) is 8.89. The second-order valence-corrected chi connectivity index (χ2v) is 2.20. The number of hydrogen-bond acceptors (Lipinski definition) is 1. The first kappa shape index (κ1) is 7.11. The van der Waals surface area contributed by atoms with Crippen LogP contribution >= 0.6 is 11.6 Å². The summed E-state index contributed by atoms with van der Waals surface area (Å²) in [5.74, 6) is 0. The third-order valence-electron chi connectivity index (χ3n) is 1.13. The van der Waals surface area contributed by atoms with Crippen molar-refractivity contribution in [2.24, 2.45) is 0 Å². The van der Waals surface area contributed by atoms with Crippen LogP contribution in [0.5, 0.6) is 0 Å². The van der Waals surface area contributed by atoms with Crippen molar-refractivity contribution in [3.8, 4) is 6.07 Å². The summed E-state index contributed by atoms with van der Waals surface area (Å²) in [7, 11) is 0. The van der Waals surface area contributed by atoms with Crippen molar-refractivity contribution in [1.29, 1.82) is 5.26 Å². The molecular weight excluding hydrogens is 146 g/mol. The molecule has 1 aromatic carbocycles. The van der Waals surface area contributed by atoms with Gasteiger partial charge in [-0.2, -0.15) is 5.26 Å². The van der Waals surface area contributed by atoms with Gasteiger partial charge in [-0.15, -0.1) is 0 Å².